The zero-order chi connectivity index (χ0) is 25.7. The number of carboxylic acid groups (broad SMARTS) is 1. The molecule has 36 heavy (non-hydrogen) atoms. The lowest BCUT2D eigenvalue weighted by Crippen LogP contribution is -2.49. The Balaban J connectivity index is 1.27. The Labute approximate surface area is 208 Å². The molecule has 0 aromatic heterocycles. The third kappa shape index (κ3) is 5.10. The molecule has 1 N–H and O–H groups in total. The molecule has 0 unspecified atom stereocenters. The number of ether oxygens (including phenoxy) is 1. The molecule has 1 aliphatic carbocycles. The lowest BCUT2D eigenvalue weighted by atomic mass is 9.80. The molecule has 2 aliphatic heterocycles. The average Bonchev–Trinajstić information content (AvgIpc) is 3.66. The highest BCUT2D eigenvalue weighted by molar-refractivity contribution is 5.71. The first-order chi connectivity index (χ1) is 17.0. The largest absolute Gasteiger partial charge is 0.487 e. The molecule has 3 aliphatic rings. The molecule has 1 saturated carbocycles. The number of carboxylic acids is 1. The Morgan fingerprint density at radius 1 is 1.14 bits per heavy atom. The molecule has 1 spiro atoms. The van der Waals surface area contributed by atoms with Gasteiger partial charge in [0.25, 0.3) is 0 Å². The van der Waals surface area contributed by atoms with Crippen LogP contribution < -0.4 is 4.74 Å². The number of aryl methyl sites for hydroxylation is 1. The summed E-state index contributed by atoms with van der Waals surface area (Å²) in [6.07, 6.45) is 0.711. The maximum atomic E-state index is 14.2. The van der Waals surface area contributed by atoms with E-state index in [1.807, 2.05) is 11.0 Å². The second-order valence-corrected chi connectivity index (χ2v) is 10.7. The van der Waals surface area contributed by atoms with Crippen LogP contribution in [-0.2, 0) is 23.9 Å². The third-order valence-electron chi connectivity index (χ3n) is 8.24. The molecule has 8 heteroatoms. The first-order valence-corrected chi connectivity index (χ1v) is 12.7. The minimum atomic E-state index is -4.50. The number of benzene rings is 2. The molecule has 4 nitrogen and oxygen atoms in total. The molecule has 0 bridgehead atoms. The molecule has 2 heterocycles. The number of carbonyl (C=O) groups is 1. The van der Waals surface area contributed by atoms with Crippen molar-refractivity contribution in [3.05, 3.63) is 64.5 Å². The van der Waals surface area contributed by atoms with E-state index < -0.39 is 29.4 Å². The van der Waals surface area contributed by atoms with Gasteiger partial charge in [-0.15, -0.1) is 0 Å². The fourth-order valence-corrected chi connectivity index (χ4v) is 5.89. The van der Waals surface area contributed by atoms with Gasteiger partial charge in [0, 0.05) is 25.2 Å². The Morgan fingerprint density at radius 2 is 1.86 bits per heavy atom. The number of likely N-dealkylation sites (tertiary alicyclic amines) is 1. The van der Waals surface area contributed by atoms with Crippen LogP contribution in [0.3, 0.4) is 0 Å². The molecule has 2 fully saturated rings. The van der Waals surface area contributed by atoms with E-state index in [0.717, 1.165) is 60.8 Å². The van der Waals surface area contributed by atoms with Crippen molar-refractivity contribution in [2.45, 2.75) is 69.7 Å². The number of hydrogen-bond acceptors (Lipinski definition) is 3. The maximum Gasteiger partial charge on any atom is 0.416 e. The minimum absolute atomic E-state index is 0.0292. The lowest BCUT2D eigenvalue weighted by molar-refractivity contribution is -0.142. The minimum Gasteiger partial charge on any atom is -0.487 e. The third-order valence-corrected chi connectivity index (χ3v) is 8.24. The molecule has 5 rings (SSSR count). The van der Waals surface area contributed by atoms with E-state index in [9.17, 15) is 27.5 Å². The predicted molar refractivity (Wildman–Crippen MR) is 126 cm³/mol. The highest BCUT2D eigenvalue weighted by Crippen LogP contribution is 2.49. The van der Waals surface area contributed by atoms with Crippen LogP contribution in [0.4, 0.5) is 17.6 Å². The van der Waals surface area contributed by atoms with Crippen LogP contribution in [0.25, 0.3) is 0 Å². The van der Waals surface area contributed by atoms with Crippen LogP contribution in [-0.4, -0.2) is 34.7 Å². The molecule has 2 aromatic carbocycles. The van der Waals surface area contributed by atoms with Crippen molar-refractivity contribution >= 4 is 5.97 Å². The fourth-order valence-electron chi connectivity index (χ4n) is 5.89. The van der Waals surface area contributed by atoms with E-state index in [0.29, 0.717) is 31.8 Å². The van der Waals surface area contributed by atoms with E-state index >= 15 is 0 Å². The monoisotopic (exact) mass is 505 g/mol. The topological polar surface area (TPSA) is 49.8 Å². The summed E-state index contributed by atoms with van der Waals surface area (Å²) in [5, 5.41) is 9.62. The molecule has 0 amide bonds. The first-order valence-electron chi connectivity index (χ1n) is 12.7. The summed E-state index contributed by atoms with van der Waals surface area (Å²) >= 11 is 0. The Morgan fingerprint density at radius 3 is 2.50 bits per heavy atom. The zero-order valence-corrected chi connectivity index (χ0v) is 20.3. The summed E-state index contributed by atoms with van der Waals surface area (Å²) in [4.78, 5) is 13.7. The quantitative estimate of drug-likeness (QED) is 0.461. The lowest BCUT2D eigenvalue weighted by Gasteiger charge is -2.45. The summed E-state index contributed by atoms with van der Waals surface area (Å²) in [7, 11) is 0. The van der Waals surface area contributed by atoms with Gasteiger partial charge >= 0.3 is 12.1 Å². The van der Waals surface area contributed by atoms with Crippen molar-refractivity contribution in [3.63, 3.8) is 0 Å². The summed E-state index contributed by atoms with van der Waals surface area (Å²) in [5.74, 6) is -0.692. The van der Waals surface area contributed by atoms with Gasteiger partial charge in [0.15, 0.2) is 0 Å². The number of rotatable bonds is 6. The molecule has 0 radical (unpaired) electrons. The van der Waals surface area contributed by atoms with E-state index in [2.05, 4.69) is 12.1 Å². The van der Waals surface area contributed by atoms with Crippen molar-refractivity contribution < 1.29 is 32.2 Å². The van der Waals surface area contributed by atoms with Crippen molar-refractivity contribution in [3.8, 4) is 5.75 Å². The number of piperidine rings is 1. The number of nitrogens with zero attached hydrogens (tertiary/aromatic N) is 1. The first kappa shape index (κ1) is 25.1. The number of hydrogen-bond donors (Lipinski definition) is 1. The Hall–Kier alpha value is -2.61. The molecule has 194 valence electrons. The van der Waals surface area contributed by atoms with E-state index in [4.69, 9.17) is 4.74 Å². The molecule has 1 saturated heterocycles. The van der Waals surface area contributed by atoms with Gasteiger partial charge in [-0.25, -0.2) is 4.39 Å². The van der Waals surface area contributed by atoms with Gasteiger partial charge in [-0.05, 0) is 85.8 Å². The Kier molecular flexibility index (Phi) is 6.52. The number of halogens is 4. The smallest absolute Gasteiger partial charge is 0.416 e. The van der Waals surface area contributed by atoms with Gasteiger partial charge in [0.2, 0.25) is 0 Å². The van der Waals surface area contributed by atoms with Gasteiger partial charge in [0.05, 0.1) is 11.5 Å². The SMILES string of the molecule is C[C@H](C(=O)O)[C@H](c1ccc2c(c1)OC1(CC2)CCN(Cc2cc(C(F)(F)F)ccc2F)CC1)C1CC1. The predicted octanol–water partition coefficient (Wildman–Crippen LogP) is 6.42. The van der Waals surface area contributed by atoms with Gasteiger partial charge < -0.3 is 9.84 Å². The van der Waals surface area contributed by atoms with Crippen molar-refractivity contribution in [2.75, 3.05) is 13.1 Å². The number of alkyl halides is 3. The van der Waals surface area contributed by atoms with E-state index in [1.54, 1.807) is 6.92 Å². The zero-order valence-electron chi connectivity index (χ0n) is 20.3. The van der Waals surface area contributed by atoms with Crippen molar-refractivity contribution in [1.29, 1.82) is 0 Å². The van der Waals surface area contributed by atoms with Gasteiger partial charge in [-0.3, -0.25) is 9.69 Å². The number of fused-ring (bicyclic) bond motifs is 1. The van der Waals surface area contributed by atoms with Gasteiger partial charge in [-0.1, -0.05) is 19.1 Å². The number of aliphatic carboxylic acids is 1. The van der Waals surface area contributed by atoms with Crippen LogP contribution in [0.1, 0.15) is 67.2 Å². The highest BCUT2D eigenvalue weighted by Gasteiger charge is 2.42. The van der Waals surface area contributed by atoms with Gasteiger partial charge in [0.1, 0.15) is 17.2 Å². The summed E-state index contributed by atoms with van der Waals surface area (Å²) in [5.41, 5.74) is 0.995. The van der Waals surface area contributed by atoms with Gasteiger partial charge in [-0.2, -0.15) is 13.2 Å². The second-order valence-electron chi connectivity index (χ2n) is 10.7. The molecular formula is C28H31F4NO3. The van der Waals surface area contributed by atoms with Crippen molar-refractivity contribution in [1.82, 2.24) is 4.90 Å². The average molecular weight is 506 g/mol. The van der Waals surface area contributed by atoms with Crippen LogP contribution in [0.15, 0.2) is 36.4 Å². The van der Waals surface area contributed by atoms with Crippen LogP contribution in [0.5, 0.6) is 5.75 Å². The van der Waals surface area contributed by atoms with E-state index in [-0.39, 0.29) is 23.6 Å². The normalized spacial score (nSPS) is 21.5. The van der Waals surface area contributed by atoms with Crippen LogP contribution in [0.2, 0.25) is 0 Å². The highest BCUT2D eigenvalue weighted by atomic mass is 19.4. The molecule has 2 aromatic rings. The molecule has 2 atom stereocenters. The van der Waals surface area contributed by atoms with Crippen LogP contribution >= 0.6 is 0 Å². The maximum absolute atomic E-state index is 14.2. The summed E-state index contributed by atoms with van der Waals surface area (Å²) in [6, 6.07) is 8.72. The fraction of sp³-hybridized carbons (Fsp3) is 0.536. The molecular weight excluding hydrogens is 474 g/mol. The summed E-state index contributed by atoms with van der Waals surface area (Å²) < 4.78 is 60.0. The van der Waals surface area contributed by atoms with Crippen LogP contribution in [0, 0.1) is 17.7 Å². The Bertz CT molecular complexity index is 1140. The summed E-state index contributed by atoms with van der Waals surface area (Å²) in [6.45, 7) is 3.11. The standard InChI is InChI=1S/C28H31F4NO3/c1-17(26(34)35)25(19-3-4-19)20-5-2-18-8-9-27(36-24(18)15-20)10-12-33(13-11-27)16-21-14-22(28(30,31)32)6-7-23(21)29/h2,5-7,14-15,17,19,25H,3-4,8-13,16H2,1H3,(H,34,35)/t17-,25-/m0/s1. The second kappa shape index (κ2) is 9.36. The van der Waals surface area contributed by atoms with Crippen molar-refractivity contribution in [2.24, 2.45) is 11.8 Å². The van der Waals surface area contributed by atoms with E-state index in [1.165, 1.54) is 0 Å².